The first-order valence-corrected chi connectivity index (χ1v) is 6.93. The summed E-state index contributed by atoms with van der Waals surface area (Å²) in [6.07, 6.45) is 1.67. The molecule has 1 fully saturated rings. The fourth-order valence-electron chi connectivity index (χ4n) is 1.60. The Morgan fingerprint density at radius 2 is 2.25 bits per heavy atom. The number of anilines is 2. The second-order valence-electron chi connectivity index (χ2n) is 3.49. The molecule has 6 heteroatoms. The van der Waals surface area contributed by atoms with E-state index in [0.717, 1.165) is 37.0 Å². The highest BCUT2D eigenvalue weighted by molar-refractivity contribution is 7.99. The van der Waals surface area contributed by atoms with Crippen molar-refractivity contribution in [2.24, 2.45) is 0 Å². The van der Waals surface area contributed by atoms with E-state index >= 15 is 0 Å². The fraction of sp³-hybridized carbons (Fsp3) is 0.600. The van der Waals surface area contributed by atoms with Gasteiger partial charge in [-0.2, -0.15) is 16.7 Å². The van der Waals surface area contributed by atoms with Crippen LogP contribution in [0.15, 0.2) is 6.20 Å². The van der Waals surface area contributed by atoms with Crippen molar-refractivity contribution >= 4 is 35.1 Å². The first-order chi connectivity index (χ1) is 7.81. The Kier molecular flexibility index (Phi) is 4.12. The number of nitrogens with zero attached hydrogens (tertiary/aromatic N) is 3. The zero-order valence-electron chi connectivity index (χ0n) is 9.24. The molecule has 16 heavy (non-hydrogen) atoms. The van der Waals surface area contributed by atoms with Crippen LogP contribution >= 0.6 is 23.4 Å². The van der Waals surface area contributed by atoms with Gasteiger partial charge in [-0.05, 0) is 6.92 Å². The van der Waals surface area contributed by atoms with Gasteiger partial charge in [0.1, 0.15) is 5.02 Å². The lowest BCUT2D eigenvalue weighted by Gasteiger charge is -2.28. The van der Waals surface area contributed by atoms with E-state index in [1.54, 1.807) is 6.20 Å². The number of hydrogen-bond acceptors (Lipinski definition) is 5. The van der Waals surface area contributed by atoms with Crippen LogP contribution in [0.5, 0.6) is 0 Å². The average molecular weight is 259 g/mol. The highest BCUT2D eigenvalue weighted by Crippen LogP contribution is 2.25. The van der Waals surface area contributed by atoms with Crippen LogP contribution in [0.3, 0.4) is 0 Å². The highest BCUT2D eigenvalue weighted by atomic mass is 35.5. The molecule has 0 spiro atoms. The van der Waals surface area contributed by atoms with Gasteiger partial charge in [0.2, 0.25) is 5.95 Å². The van der Waals surface area contributed by atoms with E-state index in [9.17, 15) is 0 Å². The number of halogens is 1. The lowest BCUT2D eigenvalue weighted by atomic mass is 10.4. The van der Waals surface area contributed by atoms with E-state index in [2.05, 4.69) is 20.2 Å². The van der Waals surface area contributed by atoms with Gasteiger partial charge in [-0.1, -0.05) is 11.6 Å². The van der Waals surface area contributed by atoms with Gasteiger partial charge in [-0.3, -0.25) is 0 Å². The maximum atomic E-state index is 6.13. The predicted octanol–water partition coefficient (Wildman–Crippen LogP) is 2.11. The van der Waals surface area contributed by atoms with Crippen molar-refractivity contribution in [2.75, 3.05) is 41.4 Å². The zero-order chi connectivity index (χ0) is 11.4. The molecular weight excluding hydrogens is 244 g/mol. The Hall–Kier alpha value is -0.680. The van der Waals surface area contributed by atoms with Crippen molar-refractivity contribution in [1.29, 1.82) is 0 Å². The number of thioether (sulfide) groups is 1. The Labute approximate surface area is 105 Å². The number of aromatic nitrogens is 2. The van der Waals surface area contributed by atoms with E-state index in [1.807, 2.05) is 18.7 Å². The number of hydrogen-bond donors (Lipinski definition) is 1. The molecule has 1 saturated heterocycles. The first-order valence-electron chi connectivity index (χ1n) is 5.40. The highest BCUT2D eigenvalue weighted by Gasteiger charge is 2.16. The zero-order valence-corrected chi connectivity index (χ0v) is 10.8. The maximum absolute atomic E-state index is 6.13. The summed E-state index contributed by atoms with van der Waals surface area (Å²) in [6.45, 7) is 4.85. The lowest BCUT2D eigenvalue weighted by molar-refractivity contribution is 0.835. The molecule has 1 aromatic rings. The Balaban J connectivity index is 2.19. The lowest BCUT2D eigenvalue weighted by Crippen LogP contribution is -2.33. The molecule has 2 heterocycles. The third-order valence-electron chi connectivity index (χ3n) is 2.37. The minimum Gasteiger partial charge on any atom is -0.354 e. The molecule has 4 nitrogen and oxygen atoms in total. The summed E-state index contributed by atoms with van der Waals surface area (Å²) in [5.74, 6) is 3.78. The smallest absolute Gasteiger partial charge is 0.224 e. The second kappa shape index (κ2) is 5.59. The molecule has 0 bridgehead atoms. The van der Waals surface area contributed by atoms with Gasteiger partial charge in [0.25, 0.3) is 0 Å². The van der Waals surface area contributed by atoms with Crippen LogP contribution in [0.4, 0.5) is 11.8 Å². The molecule has 0 amide bonds. The summed E-state index contributed by atoms with van der Waals surface area (Å²) < 4.78 is 0. The average Bonchev–Trinajstić information content (AvgIpc) is 2.33. The molecule has 0 aliphatic carbocycles. The largest absolute Gasteiger partial charge is 0.354 e. The second-order valence-corrected chi connectivity index (χ2v) is 5.13. The summed E-state index contributed by atoms with van der Waals surface area (Å²) in [7, 11) is 0. The Morgan fingerprint density at radius 3 is 2.94 bits per heavy atom. The third-order valence-corrected chi connectivity index (χ3v) is 3.58. The number of nitrogens with one attached hydrogen (secondary N) is 1. The molecule has 1 aliphatic rings. The van der Waals surface area contributed by atoms with Crippen LogP contribution in [0.1, 0.15) is 6.92 Å². The first kappa shape index (κ1) is 11.8. The summed E-state index contributed by atoms with van der Waals surface area (Å²) in [6, 6.07) is 0. The van der Waals surface area contributed by atoms with Gasteiger partial charge >= 0.3 is 0 Å². The standard InChI is InChI=1S/C10H15ClN4S/c1-2-12-10-13-7-8(11)9(14-10)15-3-5-16-6-4-15/h7H,2-6H2,1H3,(H,12,13,14). The van der Waals surface area contributed by atoms with Crippen molar-refractivity contribution in [3.63, 3.8) is 0 Å². The van der Waals surface area contributed by atoms with Crippen molar-refractivity contribution in [3.05, 3.63) is 11.2 Å². The molecule has 0 saturated carbocycles. The van der Waals surface area contributed by atoms with Gasteiger partial charge in [0.05, 0.1) is 6.20 Å². The molecule has 0 unspecified atom stereocenters. The SMILES string of the molecule is CCNc1ncc(Cl)c(N2CCSCC2)n1. The summed E-state index contributed by atoms with van der Waals surface area (Å²) in [4.78, 5) is 10.8. The molecular formula is C10H15ClN4S. The van der Waals surface area contributed by atoms with Crippen LogP contribution < -0.4 is 10.2 Å². The van der Waals surface area contributed by atoms with Gasteiger partial charge in [-0.25, -0.2) is 4.98 Å². The van der Waals surface area contributed by atoms with Crippen LogP contribution in [-0.2, 0) is 0 Å². The molecule has 88 valence electrons. The molecule has 2 rings (SSSR count). The molecule has 0 radical (unpaired) electrons. The molecule has 1 aromatic heterocycles. The van der Waals surface area contributed by atoms with E-state index in [-0.39, 0.29) is 0 Å². The summed E-state index contributed by atoms with van der Waals surface area (Å²) >= 11 is 8.10. The normalized spacial score (nSPS) is 16.2. The van der Waals surface area contributed by atoms with Crippen molar-refractivity contribution in [3.8, 4) is 0 Å². The van der Waals surface area contributed by atoms with Gasteiger partial charge in [0, 0.05) is 31.1 Å². The topological polar surface area (TPSA) is 41.1 Å². The van der Waals surface area contributed by atoms with Crippen LogP contribution in [0.2, 0.25) is 5.02 Å². The maximum Gasteiger partial charge on any atom is 0.224 e. The summed E-state index contributed by atoms with van der Waals surface area (Å²) in [5, 5.41) is 3.73. The Morgan fingerprint density at radius 1 is 1.50 bits per heavy atom. The van der Waals surface area contributed by atoms with E-state index in [0.29, 0.717) is 11.0 Å². The van der Waals surface area contributed by atoms with Crippen LogP contribution in [-0.4, -0.2) is 41.1 Å². The molecule has 1 aliphatic heterocycles. The fourth-order valence-corrected chi connectivity index (χ4v) is 2.71. The monoisotopic (exact) mass is 258 g/mol. The summed E-state index contributed by atoms with van der Waals surface area (Å²) in [5.41, 5.74) is 0. The minimum atomic E-state index is 0.633. The van der Waals surface area contributed by atoms with Gasteiger partial charge in [0.15, 0.2) is 5.82 Å². The van der Waals surface area contributed by atoms with Crippen molar-refractivity contribution in [2.45, 2.75) is 6.92 Å². The van der Waals surface area contributed by atoms with Crippen LogP contribution in [0, 0.1) is 0 Å². The quantitative estimate of drug-likeness (QED) is 0.900. The third kappa shape index (κ3) is 2.71. The van der Waals surface area contributed by atoms with Gasteiger partial charge < -0.3 is 10.2 Å². The van der Waals surface area contributed by atoms with Crippen LogP contribution in [0.25, 0.3) is 0 Å². The van der Waals surface area contributed by atoms with Gasteiger partial charge in [-0.15, -0.1) is 0 Å². The predicted molar refractivity (Wildman–Crippen MR) is 70.7 cm³/mol. The van der Waals surface area contributed by atoms with E-state index < -0.39 is 0 Å². The van der Waals surface area contributed by atoms with E-state index in [1.165, 1.54) is 0 Å². The molecule has 0 aromatic carbocycles. The Bertz CT molecular complexity index is 355. The van der Waals surface area contributed by atoms with Crippen molar-refractivity contribution in [1.82, 2.24) is 9.97 Å². The van der Waals surface area contributed by atoms with E-state index in [4.69, 9.17) is 11.6 Å². The van der Waals surface area contributed by atoms with Crippen molar-refractivity contribution < 1.29 is 0 Å². The molecule has 0 atom stereocenters. The number of rotatable bonds is 3. The molecule has 1 N–H and O–H groups in total. The minimum absolute atomic E-state index is 0.633.